The SMILES string of the molecule is O=[N+]([O-])c1ccnc(N2CCC(OCCO)CC2)c1. The van der Waals surface area contributed by atoms with Crippen LogP contribution in [0.3, 0.4) is 0 Å². The summed E-state index contributed by atoms with van der Waals surface area (Å²) in [5, 5.41) is 19.4. The van der Waals surface area contributed by atoms with Gasteiger partial charge in [0, 0.05) is 25.4 Å². The van der Waals surface area contributed by atoms with Crippen LogP contribution >= 0.6 is 0 Å². The van der Waals surface area contributed by atoms with Crippen molar-refractivity contribution < 1.29 is 14.8 Å². The maximum absolute atomic E-state index is 10.7. The molecule has 7 nitrogen and oxygen atoms in total. The molecule has 1 aliphatic rings. The van der Waals surface area contributed by atoms with Gasteiger partial charge in [-0.15, -0.1) is 0 Å². The summed E-state index contributed by atoms with van der Waals surface area (Å²) in [6, 6.07) is 2.88. The van der Waals surface area contributed by atoms with Crippen LogP contribution in [-0.4, -0.2) is 47.4 Å². The molecule has 2 rings (SSSR count). The van der Waals surface area contributed by atoms with Gasteiger partial charge in [-0.2, -0.15) is 0 Å². The van der Waals surface area contributed by atoms with Gasteiger partial charge >= 0.3 is 0 Å². The van der Waals surface area contributed by atoms with Crippen molar-refractivity contribution in [2.75, 3.05) is 31.2 Å². The second-order valence-electron chi connectivity index (χ2n) is 4.41. The molecule has 2 heterocycles. The molecule has 0 spiro atoms. The van der Waals surface area contributed by atoms with Crippen LogP contribution in [0.4, 0.5) is 11.5 Å². The van der Waals surface area contributed by atoms with E-state index in [9.17, 15) is 10.1 Å². The van der Waals surface area contributed by atoms with E-state index in [2.05, 4.69) is 4.98 Å². The van der Waals surface area contributed by atoms with Crippen molar-refractivity contribution in [2.45, 2.75) is 18.9 Å². The molecule has 1 aromatic rings. The molecular weight excluding hydrogens is 250 g/mol. The van der Waals surface area contributed by atoms with Gasteiger partial charge in [0.05, 0.1) is 30.3 Å². The van der Waals surface area contributed by atoms with Gasteiger partial charge in [-0.3, -0.25) is 10.1 Å². The Labute approximate surface area is 111 Å². The van der Waals surface area contributed by atoms with E-state index in [1.165, 1.54) is 18.3 Å². The Kier molecular flexibility index (Phi) is 4.64. The van der Waals surface area contributed by atoms with E-state index in [0.29, 0.717) is 12.4 Å². The number of ether oxygens (including phenoxy) is 1. The number of aromatic nitrogens is 1. The minimum atomic E-state index is -0.414. The molecule has 0 amide bonds. The summed E-state index contributed by atoms with van der Waals surface area (Å²) in [6.45, 7) is 1.90. The summed E-state index contributed by atoms with van der Waals surface area (Å²) < 4.78 is 5.47. The van der Waals surface area contributed by atoms with E-state index in [4.69, 9.17) is 9.84 Å². The largest absolute Gasteiger partial charge is 0.394 e. The molecule has 0 unspecified atom stereocenters. The molecule has 19 heavy (non-hydrogen) atoms. The lowest BCUT2D eigenvalue weighted by Crippen LogP contribution is -2.37. The summed E-state index contributed by atoms with van der Waals surface area (Å²) >= 11 is 0. The summed E-state index contributed by atoms with van der Waals surface area (Å²) in [7, 11) is 0. The maximum atomic E-state index is 10.7. The third-order valence-corrected chi connectivity index (χ3v) is 3.15. The second kappa shape index (κ2) is 6.44. The van der Waals surface area contributed by atoms with Gasteiger partial charge in [0.25, 0.3) is 5.69 Å². The maximum Gasteiger partial charge on any atom is 0.274 e. The van der Waals surface area contributed by atoms with Crippen molar-refractivity contribution in [3.05, 3.63) is 28.4 Å². The number of aliphatic hydroxyl groups is 1. The van der Waals surface area contributed by atoms with Crippen LogP contribution < -0.4 is 4.90 Å². The Balaban J connectivity index is 1.94. The molecule has 1 N–H and O–H groups in total. The molecule has 7 heteroatoms. The summed E-state index contributed by atoms with van der Waals surface area (Å²) in [5.74, 6) is 0.634. The molecule has 1 saturated heterocycles. The molecule has 104 valence electrons. The molecule has 0 atom stereocenters. The molecule has 0 aromatic carbocycles. The van der Waals surface area contributed by atoms with Crippen LogP contribution in [0.1, 0.15) is 12.8 Å². The average Bonchev–Trinajstić information content (AvgIpc) is 2.46. The van der Waals surface area contributed by atoms with E-state index < -0.39 is 4.92 Å². The predicted octanol–water partition coefficient (Wildman–Crippen LogP) is 0.968. The normalized spacial score (nSPS) is 16.6. The predicted molar refractivity (Wildman–Crippen MR) is 69.2 cm³/mol. The Hall–Kier alpha value is -1.73. The molecule has 0 radical (unpaired) electrons. The number of nitrogens with zero attached hydrogens (tertiary/aromatic N) is 3. The van der Waals surface area contributed by atoms with Gasteiger partial charge in [0.2, 0.25) is 0 Å². The number of hydrogen-bond donors (Lipinski definition) is 1. The first-order valence-corrected chi connectivity index (χ1v) is 6.28. The third kappa shape index (κ3) is 3.62. The van der Waals surface area contributed by atoms with E-state index in [-0.39, 0.29) is 18.4 Å². The lowest BCUT2D eigenvalue weighted by Gasteiger charge is -2.32. The Morgan fingerprint density at radius 2 is 2.26 bits per heavy atom. The molecular formula is C12H17N3O4. The topological polar surface area (TPSA) is 88.7 Å². The first-order valence-electron chi connectivity index (χ1n) is 6.28. The quantitative estimate of drug-likeness (QED) is 0.631. The van der Waals surface area contributed by atoms with Crippen LogP contribution in [0, 0.1) is 10.1 Å². The Bertz CT molecular complexity index is 433. The van der Waals surface area contributed by atoms with E-state index in [0.717, 1.165) is 25.9 Å². The fraction of sp³-hybridized carbons (Fsp3) is 0.583. The first kappa shape index (κ1) is 13.7. The van der Waals surface area contributed by atoms with Crippen LogP contribution in [0.2, 0.25) is 0 Å². The highest BCUT2D eigenvalue weighted by Crippen LogP contribution is 2.22. The molecule has 1 aromatic heterocycles. The second-order valence-corrected chi connectivity index (χ2v) is 4.41. The molecule has 0 aliphatic carbocycles. The van der Waals surface area contributed by atoms with Crippen molar-refractivity contribution in [2.24, 2.45) is 0 Å². The zero-order chi connectivity index (χ0) is 13.7. The number of hydrogen-bond acceptors (Lipinski definition) is 6. The number of piperidine rings is 1. The summed E-state index contributed by atoms with van der Waals surface area (Å²) in [6.07, 6.45) is 3.29. The third-order valence-electron chi connectivity index (χ3n) is 3.15. The van der Waals surface area contributed by atoms with E-state index in [1.807, 2.05) is 4.90 Å². The first-order chi connectivity index (χ1) is 9.20. The standard InChI is InChI=1S/C12H17N3O4/c16-7-8-19-11-2-5-14(6-3-11)12-9-10(15(17)18)1-4-13-12/h1,4,9,11,16H,2-3,5-8H2. The fourth-order valence-corrected chi connectivity index (χ4v) is 2.17. The highest BCUT2D eigenvalue weighted by Gasteiger charge is 2.21. The van der Waals surface area contributed by atoms with Gasteiger partial charge in [-0.1, -0.05) is 0 Å². The van der Waals surface area contributed by atoms with Crippen LogP contribution in [0.25, 0.3) is 0 Å². The van der Waals surface area contributed by atoms with E-state index in [1.54, 1.807) is 0 Å². The molecule has 0 bridgehead atoms. The average molecular weight is 267 g/mol. The van der Waals surface area contributed by atoms with Gasteiger partial charge in [-0.25, -0.2) is 4.98 Å². The highest BCUT2D eigenvalue weighted by atomic mass is 16.6. The van der Waals surface area contributed by atoms with Crippen LogP contribution in [0.5, 0.6) is 0 Å². The van der Waals surface area contributed by atoms with Gasteiger partial charge in [0.1, 0.15) is 5.82 Å². The van der Waals surface area contributed by atoms with E-state index >= 15 is 0 Å². The smallest absolute Gasteiger partial charge is 0.274 e. The van der Waals surface area contributed by atoms with Crippen LogP contribution in [0.15, 0.2) is 18.3 Å². The van der Waals surface area contributed by atoms with Crippen molar-refractivity contribution in [1.29, 1.82) is 0 Å². The highest BCUT2D eigenvalue weighted by molar-refractivity contribution is 5.46. The zero-order valence-corrected chi connectivity index (χ0v) is 10.6. The molecule has 0 saturated carbocycles. The minimum Gasteiger partial charge on any atom is -0.394 e. The summed E-state index contributed by atoms with van der Waals surface area (Å²) in [4.78, 5) is 16.5. The van der Waals surface area contributed by atoms with Crippen LogP contribution in [-0.2, 0) is 4.74 Å². The van der Waals surface area contributed by atoms with Gasteiger partial charge in [-0.05, 0) is 12.8 Å². The summed E-state index contributed by atoms with van der Waals surface area (Å²) in [5.41, 5.74) is 0.0589. The number of rotatable bonds is 5. The van der Waals surface area contributed by atoms with Crippen molar-refractivity contribution in [1.82, 2.24) is 4.98 Å². The Morgan fingerprint density at radius 1 is 1.53 bits per heavy atom. The Morgan fingerprint density at radius 3 is 2.89 bits per heavy atom. The van der Waals surface area contributed by atoms with Gasteiger partial charge < -0.3 is 14.7 Å². The van der Waals surface area contributed by atoms with Gasteiger partial charge in [0.15, 0.2) is 0 Å². The minimum absolute atomic E-state index is 0.0344. The number of anilines is 1. The number of pyridine rings is 1. The molecule has 1 fully saturated rings. The van der Waals surface area contributed by atoms with Crippen molar-refractivity contribution in [3.63, 3.8) is 0 Å². The van der Waals surface area contributed by atoms with Crippen molar-refractivity contribution >= 4 is 11.5 Å². The monoisotopic (exact) mass is 267 g/mol. The number of nitro groups is 1. The lowest BCUT2D eigenvalue weighted by atomic mass is 10.1. The van der Waals surface area contributed by atoms with Crippen molar-refractivity contribution in [3.8, 4) is 0 Å². The molecule has 1 aliphatic heterocycles. The number of aliphatic hydroxyl groups excluding tert-OH is 1. The zero-order valence-electron chi connectivity index (χ0n) is 10.6. The lowest BCUT2D eigenvalue weighted by molar-refractivity contribution is -0.384. The fourth-order valence-electron chi connectivity index (χ4n) is 2.17.